The van der Waals surface area contributed by atoms with Gasteiger partial charge in [0.05, 0.1) is 6.07 Å². The maximum absolute atomic E-state index is 11.9. The van der Waals surface area contributed by atoms with Gasteiger partial charge in [0.1, 0.15) is 5.92 Å². The van der Waals surface area contributed by atoms with Crippen LogP contribution >= 0.6 is 0 Å². The first-order valence-electron chi connectivity index (χ1n) is 5.64. The van der Waals surface area contributed by atoms with Crippen molar-refractivity contribution in [1.82, 2.24) is 0 Å². The molecule has 0 spiro atoms. The minimum atomic E-state index is -0.377. The number of carbonyl (C=O) groups excluding carboxylic acids is 1. The molecule has 0 amide bonds. The molecule has 0 heterocycles. The molecule has 14 heavy (non-hydrogen) atoms. The Labute approximate surface area is 87.3 Å². The highest BCUT2D eigenvalue weighted by atomic mass is 16.1. The average Bonchev–Trinajstić information content (AvgIpc) is 2.19. The van der Waals surface area contributed by atoms with E-state index in [1.54, 1.807) is 0 Å². The Kier molecular flexibility index (Phi) is 7.10. The highest BCUT2D eigenvalue weighted by Crippen LogP contribution is 2.20. The maximum Gasteiger partial charge on any atom is 0.153 e. The first kappa shape index (κ1) is 13.2. The van der Waals surface area contributed by atoms with E-state index in [1.165, 1.54) is 0 Å². The van der Waals surface area contributed by atoms with Crippen LogP contribution in [0.3, 0.4) is 0 Å². The highest BCUT2D eigenvalue weighted by Gasteiger charge is 2.23. The van der Waals surface area contributed by atoms with Crippen molar-refractivity contribution in [3.05, 3.63) is 0 Å². The largest absolute Gasteiger partial charge is 0.298 e. The summed E-state index contributed by atoms with van der Waals surface area (Å²) in [5.41, 5.74) is 0. The zero-order chi connectivity index (χ0) is 11.0. The molecule has 0 bridgehead atoms. The summed E-state index contributed by atoms with van der Waals surface area (Å²) in [5.74, 6) is -0.0913. The van der Waals surface area contributed by atoms with E-state index in [4.69, 9.17) is 5.26 Å². The fraction of sp³-hybridized carbons (Fsp3) is 0.833. The highest BCUT2D eigenvalue weighted by molar-refractivity contribution is 5.85. The van der Waals surface area contributed by atoms with Crippen LogP contribution in [0.2, 0.25) is 0 Å². The van der Waals surface area contributed by atoms with E-state index >= 15 is 0 Å². The summed E-state index contributed by atoms with van der Waals surface area (Å²) in [7, 11) is 0. The van der Waals surface area contributed by atoms with Crippen LogP contribution < -0.4 is 0 Å². The predicted molar refractivity (Wildman–Crippen MR) is 57.7 cm³/mol. The van der Waals surface area contributed by atoms with Crippen LogP contribution in [0.15, 0.2) is 0 Å². The van der Waals surface area contributed by atoms with Gasteiger partial charge in [0.25, 0.3) is 0 Å². The van der Waals surface area contributed by atoms with Crippen molar-refractivity contribution in [2.24, 2.45) is 11.8 Å². The number of rotatable bonds is 7. The molecule has 0 rings (SSSR count). The van der Waals surface area contributed by atoms with Gasteiger partial charge in [-0.1, -0.05) is 33.6 Å². The summed E-state index contributed by atoms with van der Waals surface area (Å²) in [6, 6.07) is 2.10. The summed E-state index contributed by atoms with van der Waals surface area (Å²) >= 11 is 0. The van der Waals surface area contributed by atoms with Gasteiger partial charge in [-0.15, -0.1) is 0 Å². The molecule has 80 valence electrons. The number of Topliss-reactive ketones (excluding diaryl/α,β-unsaturated/α-hetero) is 1. The van der Waals surface area contributed by atoms with Crippen molar-refractivity contribution in [3.63, 3.8) is 0 Å². The van der Waals surface area contributed by atoms with Gasteiger partial charge in [-0.05, 0) is 19.3 Å². The molecule has 0 aliphatic carbocycles. The van der Waals surface area contributed by atoms with Crippen molar-refractivity contribution < 1.29 is 4.79 Å². The van der Waals surface area contributed by atoms with Crippen molar-refractivity contribution in [2.45, 2.75) is 52.9 Å². The molecule has 0 aromatic carbocycles. The second kappa shape index (κ2) is 7.55. The Morgan fingerprint density at radius 2 is 1.71 bits per heavy atom. The van der Waals surface area contributed by atoms with Crippen molar-refractivity contribution in [2.75, 3.05) is 0 Å². The number of carbonyl (C=O) groups is 1. The van der Waals surface area contributed by atoms with Crippen LogP contribution in [-0.4, -0.2) is 5.78 Å². The molecule has 0 radical (unpaired) electrons. The van der Waals surface area contributed by atoms with Crippen molar-refractivity contribution >= 4 is 5.78 Å². The van der Waals surface area contributed by atoms with Crippen molar-refractivity contribution in [1.29, 1.82) is 5.26 Å². The van der Waals surface area contributed by atoms with Crippen LogP contribution in [0.25, 0.3) is 0 Å². The molecule has 0 saturated carbocycles. The molecule has 2 nitrogen and oxygen atoms in total. The molecule has 1 atom stereocenters. The van der Waals surface area contributed by atoms with E-state index in [0.717, 1.165) is 25.7 Å². The average molecular weight is 195 g/mol. The van der Waals surface area contributed by atoms with E-state index in [0.29, 0.717) is 6.42 Å². The monoisotopic (exact) mass is 195 g/mol. The third-order valence-corrected chi connectivity index (χ3v) is 2.58. The summed E-state index contributed by atoms with van der Waals surface area (Å²) in [6.45, 7) is 6.08. The van der Waals surface area contributed by atoms with Gasteiger partial charge < -0.3 is 0 Å². The van der Waals surface area contributed by atoms with E-state index < -0.39 is 0 Å². The molecule has 0 aliphatic heterocycles. The zero-order valence-electron chi connectivity index (χ0n) is 9.55. The quantitative estimate of drug-likeness (QED) is 0.625. The van der Waals surface area contributed by atoms with Crippen molar-refractivity contribution in [3.8, 4) is 6.07 Å². The van der Waals surface area contributed by atoms with Crippen LogP contribution in [0, 0.1) is 23.2 Å². The second-order valence-electron chi connectivity index (χ2n) is 3.77. The lowest BCUT2D eigenvalue weighted by Crippen LogP contribution is -2.22. The fourth-order valence-corrected chi connectivity index (χ4v) is 1.77. The molecule has 1 unspecified atom stereocenters. The summed E-state index contributed by atoms with van der Waals surface area (Å²) < 4.78 is 0. The molecule has 0 aromatic heterocycles. The molecule has 0 fully saturated rings. The minimum absolute atomic E-state index is 0.120. The Balaban J connectivity index is 4.34. The van der Waals surface area contributed by atoms with Gasteiger partial charge in [0, 0.05) is 5.92 Å². The molecule has 0 aromatic rings. The summed E-state index contributed by atoms with van der Waals surface area (Å²) in [6.07, 6.45) is 4.57. The molecule has 0 aliphatic rings. The smallest absolute Gasteiger partial charge is 0.153 e. The minimum Gasteiger partial charge on any atom is -0.298 e. The Morgan fingerprint density at radius 1 is 1.21 bits per heavy atom. The SMILES string of the molecule is CCCC(CCC)C(=O)C(C#N)CC. The van der Waals surface area contributed by atoms with Gasteiger partial charge in [0.15, 0.2) is 5.78 Å². The molecule has 2 heteroatoms. The number of hydrogen-bond acceptors (Lipinski definition) is 2. The third kappa shape index (κ3) is 3.91. The van der Waals surface area contributed by atoms with Gasteiger partial charge in [0.2, 0.25) is 0 Å². The molecule has 0 N–H and O–H groups in total. The lowest BCUT2D eigenvalue weighted by Gasteiger charge is -2.16. The Hall–Kier alpha value is -0.840. The first-order valence-corrected chi connectivity index (χ1v) is 5.64. The summed E-state index contributed by atoms with van der Waals surface area (Å²) in [4.78, 5) is 11.9. The van der Waals surface area contributed by atoms with Gasteiger partial charge >= 0.3 is 0 Å². The summed E-state index contributed by atoms with van der Waals surface area (Å²) in [5, 5.41) is 8.81. The number of hydrogen-bond donors (Lipinski definition) is 0. The molecular formula is C12H21NO. The number of nitrogens with zero attached hydrogens (tertiary/aromatic N) is 1. The van der Waals surface area contributed by atoms with E-state index in [2.05, 4.69) is 19.9 Å². The molecular weight excluding hydrogens is 174 g/mol. The van der Waals surface area contributed by atoms with E-state index in [-0.39, 0.29) is 17.6 Å². The zero-order valence-corrected chi connectivity index (χ0v) is 9.55. The lowest BCUT2D eigenvalue weighted by atomic mass is 9.86. The van der Waals surface area contributed by atoms with E-state index in [1.807, 2.05) is 6.92 Å². The van der Waals surface area contributed by atoms with E-state index in [9.17, 15) is 4.79 Å². The number of ketones is 1. The second-order valence-corrected chi connectivity index (χ2v) is 3.77. The molecule has 0 saturated heterocycles. The van der Waals surface area contributed by atoms with Crippen LogP contribution in [0.5, 0.6) is 0 Å². The topological polar surface area (TPSA) is 40.9 Å². The number of nitriles is 1. The Bertz CT molecular complexity index is 199. The predicted octanol–water partition coefficient (Wildman–Crippen LogP) is 3.32. The van der Waals surface area contributed by atoms with Crippen LogP contribution in [0.1, 0.15) is 52.9 Å². The first-order chi connectivity index (χ1) is 6.71. The Morgan fingerprint density at radius 3 is 2.00 bits per heavy atom. The van der Waals surface area contributed by atoms with Crippen LogP contribution in [-0.2, 0) is 4.79 Å². The normalized spacial score (nSPS) is 12.5. The maximum atomic E-state index is 11.9. The standard InChI is InChI=1S/C12H21NO/c1-4-7-11(8-5-2)12(14)10(6-3)9-13/h10-11H,4-8H2,1-3H3. The van der Waals surface area contributed by atoms with Gasteiger partial charge in [-0.25, -0.2) is 0 Å². The lowest BCUT2D eigenvalue weighted by molar-refractivity contribution is -0.125. The van der Waals surface area contributed by atoms with Gasteiger partial charge in [-0.2, -0.15) is 5.26 Å². The fourth-order valence-electron chi connectivity index (χ4n) is 1.77. The van der Waals surface area contributed by atoms with Gasteiger partial charge in [-0.3, -0.25) is 4.79 Å². The third-order valence-electron chi connectivity index (χ3n) is 2.58. The van der Waals surface area contributed by atoms with Crippen LogP contribution in [0.4, 0.5) is 0 Å².